The van der Waals surface area contributed by atoms with Crippen molar-refractivity contribution < 1.29 is 4.79 Å². The molecule has 0 radical (unpaired) electrons. The van der Waals surface area contributed by atoms with Crippen LogP contribution >= 0.6 is 15.9 Å². The molecule has 0 saturated carbocycles. The zero-order valence-electron chi connectivity index (χ0n) is 10.5. The zero-order chi connectivity index (χ0) is 13.0. The van der Waals surface area contributed by atoms with Crippen LogP contribution in [0.2, 0.25) is 0 Å². The van der Waals surface area contributed by atoms with Crippen LogP contribution in [-0.4, -0.2) is 34.9 Å². The molecule has 1 N–H and O–H groups in total. The van der Waals surface area contributed by atoms with Crippen molar-refractivity contribution in [3.63, 3.8) is 0 Å². The van der Waals surface area contributed by atoms with Crippen LogP contribution in [0.25, 0.3) is 0 Å². The lowest BCUT2D eigenvalue weighted by molar-refractivity contribution is -0.119. The monoisotopic (exact) mass is 311 g/mol. The fraction of sp³-hybridized carbons (Fsp3) is 0.538. The molecule has 0 atom stereocenters. The first-order valence-electron chi connectivity index (χ1n) is 6.22. The molecule has 4 nitrogen and oxygen atoms in total. The normalized spacial score (nSPS) is 17.7. The Balaban J connectivity index is 1.81. The summed E-state index contributed by atoms with van der Waals surface area (Å²) < 4.78 is 1.02. The van der Waals surface area contributed by atoms with Gasteiger partial charge in [0.05, 0.1) is 0 Å². The minimum absolute atomic E-state index is 0.0737. The van der Waals surface area contributed by atoms with Crippen molar-refractivity contribution in [2.45, 2.75) is 32.4 Å². The molecule has 1 aromatic rings. The van der Waals surface area contributed by atoms with Gasteiger partial charge in [0.15, 0.2) is 0 Å². The van der Waals surface area contributed by atoms with Gasteiger partial charge >= 0.3 is 0 Å². The van der Waals surface area contributed by atoms with Gasteiger partial charge in [-0.15, -0.1) is 0 Å². The van der Waals surface area contributed by atoms with E-state index < -0.39 is 0 Å². The van der Waals surface area contributed by atoms with Gasteiger partial charge in [0, 0.05) is 49.5 Å². The topological polar surface area (TPSA) is 45.2 Å². The Bertz CT molecular complexity index is 416. The highest BCUT2D eigenvalue weighted by Gasteiger charge is 2.19. The van der Waals surface area contributed by atoms with Gasteiger partial charge in [-0.25, -0.2) is 0 Å². The van der Waals surface area contributed by atoms with E-state index in [1.165, 1.54) is 5.56 Å². The van der Waals surface area contributed by atoms with E-state index in [0.29, 0.717) is 6.04 Å². The number of amides is 1. The van der Waals surface area contributed by atoms with E-state index in [1.54, 1.807) is 13.1 Å². The van der Waals surface area contributed by atoms with Crippen LogP contribution in [0.3, 0.4) is 0 Å². The van der Waals surface area contributed by atoms with Crippen molar-refractivity contribution in [1.29, 1.82) is 0 Å². The van der Waals surface area contributed by atoms with Gasteiger partial charge in [-0.05, 0) is 40.4 Å². The average Bonchev–Trinajstić information content (AvgIpc) is 2.31. The number of nitrogens with zero attached hydrogens (tertiary/aromatic N) is 2. The van der Waals surface area contributed by atoms with Crippen molar-refractivity contribution in [3.8, 4) is 0 Å². The molecule has 0 aliphatic carbocycles. The maximum atomic E-state index is 11.0. The smallest absolute Gasteiger partial charge is 0.217 e. The molecule has 1 amide bonds. The molecular weight excluding hydrogens is 294 g/mol. The van der Waals surface area contributed by atoms with Crippen molar-refractivity contribution in [2.24, 2.45) is 0 Å². The number of aromatic nitrogens is 1. The zero-order valence-corrected chi connectivity index (χ0v) is 12.1. The number of hydrogen-bond donors (Lipinski definition) is 1. The molecule has 0 bridgehead atoms. The molecule has 2 rings (SSSR count). The Kier molecular flexibility index (Phi) is 4.72. The molecule has 1 aliphatic heterocycles. The third kappa shape index (κ3) is 4.07. The first-order chi connectivity index (χ1) is 8.63. The van der Waals surface area contributed by atoms with Gasteiger partial charge in [-0.2, -0.15) is 0 Å². The van der Waals surface area contributed by atoms with E-state index in [2.05, 4.69) is 37.2 Å². The molecule has 0 spiro atoms. The Labute approximate surface area is 116 Å². The highest BCUT2D eigenvalue weighted by atomic mass is 79.9. The summed E-state index contributed by atoms with van der Waals surface area (Å²) in [4.78, 5) is 17.6. The average molecular weight is 312 g/mol. The van der Waals surface area contributed by atoms with Gasteiger partial charge in [-0.3, -0.25) is 14.7 Å². The van der Waals surface area contributed by atoms with Gasteiger partial charge in [0.25, 0.3) is 0 Å². The largest absolute Gasteiger partial charge is 0.354 e. The third-order valence-corrected chi connectivity index (χ3v) is 3.60. The standard InChI is InChI=1S/C13H18BrN3O/c1-10(18)16-13-2-4-17(5-3-13)9-11-6-12(14)8-15-7-11/h6-8,13H,2-5,9H2,1H3,(H,16,18). The summed E-state index contributed by atoms with van der Waals surface area (Å²) in [5, 5.41) is 2.99. The van der Waals surface area contributed by atoms with Gasteiger partial charge < -0.3 is 5.32 Å². The quantitative estimate of drug-likeness (QED) is 0.928. The van der Waals surface area contributed by atoms with Crippen LogP contribution in [0, 0.1) is 0 Å². The molecule has 5 heteroatoms. The number of hydrogen-bond acceptors (Lipinski definition) is 3. The Morgan fingerprint density at radius 3 is 2.83 bits per heavy atom. The molecule has 1 aliphatic rings. The minimum atomic E-state index is 0.0737. The lowest BCUT2D eigenvalue weighted by Gasteiger charge is -2.32. The number of carbonyl (C=O) groups is 1. The summed E-state index contributed by atoms with van der Waals surface area (Å²) in [6.45, 7) is 4.56. The lowest BCUT2D eigenvalue weighted by atomic mass is 10.0. The lowest BCUT2D eigenvalue weighted by Crippen LogP contribution is -2.43. The van der Waals surface area contributed by atoms with Gasteiger partial charge in [0.1, 0.15) is 0 Å². The first-order valence-corrected chi connectivity index (χ1v) is 7.01. The van der Waals surface area contributed by atoms with Crippen LogP contribution in [-0.2, 0) is 11.3 Å². The van der Waals surface area contributed by atoms with Crippen molar-refractivity contribution in [3.05, 3.63) is 28.5 Å². The van der Waals surface area contributed by atoms with E-state index >= 15 is 0 Å². The second-order valence-electron chi connectivity index (χ2n) is 4.76. The maximum absolute atomic E-state index is 11.0. The van der Waals surface area contributed by atoms with Crippen LogP contribution in [0.15, 0.2) is 22.9 Å². The molecule has 1 fully saturated rings. The summed E-state index contributed by atoms with van der Waals surface area (Å²) in [5.74, 6) is 0.0737. The Hall–Kier alpha value is -0.940. The molecule has 1 aromatic heterocycles. The van der Waals surface area contributed by atoms with Crippen molar-refractivity contribution >= 4 is 21.8 Å². The molecule has 0 unspecified atom stereocenters. The van der Waals surface area contributed by atoms with Crippen LogP contribution in [0.5, 0.6) is 0 Å². The predicted molar refractivity (Wildman–Crippen MR) is 74.1 cm³/mol. The van der Waals surface area contributed by atoms with Gasteiger partial charge in [-0.1, -0.05) is 0 Å². The van der Waals surface area contributed by atoms with Crippen LogP contribution in [0.4, 0.5) is 0 Å². The third-order valence-electron chi connectivity index (χ3n) is 3.16. The van der Waals surface area contributed by atoms with E-state index in [4.69, 9.17) is 0 Å². The van der Waals surface area contributed by atoms with E-state index in [9.17, 15) is 4.79 Å². The highest BCUT2D eigenvalue weighted by Crippen LogP contribution is 2.15. The van der Waals surface area contributed by atoms with E-state index in [-0.39, 0.29) is 5.91 Å². The first kappa shape index (κ1) is 13.5. The molecular formula is C13H18BrN3O. The molecule has 18 heavy (non-hydrogen) atoms. The van der Waals surface area contributed by atoms with Crippen molar-refractivity contribution in [1.82, 2.24) is 15.2 Å². The Morgan fingerprint density at radius 2 is 2.22 bits per heavy atom. The maximum Gasteiger partial charge on any atom is 0.217 e. The summed E-state index contributed by atoms with van der Waals surface area (Å²) in [6, 6.07) is 2.45. The number of carbonyl (C=O) groups excluding carboxylic acids is 1. The van der Waals surface area contributed by atoms with Crippen LogP contribution in [0.1, 0.15) is 25.3 Å². The molecule has 1 saturated heterocycles. The van der Waals surface area contributed by atoms with E-state index in [0.717, 1.165) is 36.9 Å². The van der Waals surface area contributed by atoms with Crippen molar-refractivity contribution in [2.75, 3.05) is 13.1 Å². The second kappa shape index (κ2) is 6.29. The number of nitrogens with one attached hydrogen (secondary N) is 1. The SMILES string of the molecule is CC(=O)NC1CCN(Cc2cncc(Br)c2)CC1. The Morgan fingerprint density at radius 1 is 1.50 bits per heavy atom. The second-order valence-corrected chi connectivity index (χ2v) is 5.68. The van der Waals surface area contributed by atoms with Gasteiger partial charge in [0.2, 0.25) is 5.91 Å². The highest BCUT2D eigenvalue weighted by molar-refractivity contribution is 9.10. The molecule has 2 heterocycles. The summed E-state index contributed by atoms with van der Waals surface area (Å²) in [6.07, 6.45) is 5.76. The molecule has 0 aromatic carbocycles. The number of likely N-dealkylation sites (tertiary alicyclic amines) is 1. The molecule has 98 valence electrons. The number of piperidine rings is 1. The fourth-order valence-electron chi connectivity index (χ4n) is 2.32. The number of halogens is 1. The van der Waals surface area contributed by atoms with Crippen LogP contribution < -0.4 is 5.32 Å². The predicted octanol–water partition coefficient (Wildman–Crippen LogP) is 1.94. The minimum Gasteiger partial charge on any atom is -0.354 e. The summed E-state index contributed by atoms with van der Waals surface area (Å²) >= 11 is 3.44. The summed E-state index contributed by atoms with van der Waals surface area (Å²) in [7, 11) is 0. The number of pyridine rings is 1. The van der Waals surface area contributed by atoms with E-state index in [1.807, 2.05) is 6.20 Å². The fourth-order valence-corrected chi connectivity index (χ4v) is 2.74. The number of rotatable bonds is 3. The summed E-state index contributed by atoms with van der Waals surface area (Å²) in [5.41, 5.74) is 1.22.